The molecule has 3 N–H and O–H groups in total. The van der Waals surface area contributed by atoms with Crippen molar-refractivity contribution >= 4 is 52.5 Å². The lowest BCUT2D eigenvalue weighted by atomic mass is 9.85. The molecule has 2 aliphatic carbocycles. The van der Waals surface area contributed by atoms with Crippen LogP contribution in [0.4, 0.5) is 0 Å². The fourth-order valence-corrected chi connectivity index (χ4v) is 7.26. The molecule has 0 unspecified atom stereocenters. The number of nitrogens with one attached hydrogen (secondary N) is 3. The van der Waals surface area contributed by atoms with Gasteiger partial charge in [-0.25, -0.2) is 0 Å². The van der Waals surface area contributed by atoms with Gasteiger partial charge in [0.15, 0.2) is 11.4 Å². The highest BCUT2D eigenvalue weighted by Crippen LogP contribution is 2.43. The molecular formula is C38H44ClN5O7. The van der Waals surface area contributed by atoms with E-state index in [1.165, 1.54) is 11.9 Å². The Morgan fingerprint density at radius 1 is 0.980 bits per heavy atom. The van der Waals surface area contributed by atoms with Gasteiger partial charge >= 0.3 is 0 Å². The number of Topliss-reactive ketones (excluding diaryl/α,β-unsaturated/α-hetero) is 2. The van der Waals surface area contributed by atoms with Gasteiger partial charge in [-0.15, -0.1) is 0 Å². The zero-order valence-electron chi connectivity index (χ0n) is 29.2. The Bertz CT molecular complexity index is 1770. The fraction of sp³-hybridized carbons (Fsp3) is 0.500. The largest absolute Gasteiger partial charge is 0.387 e. The fourth-order valence-electron chi connectivity index (χ4n) is 7.07. The number of nitrogens with zero attached hydrogens (tertiary/aromatic N) is 2. The highest BCUT2D eigenvalue weighted by molar-refractivity contribution is 6.38. The van der Waals surface area contributed by atoms with Crippen molar-refractivity contribution in [3.63, 3.8) is 0 Å². The number of amides is 4. The van der Waals surface area contributed by atoms with Crippen LogP contribution in [0, 0.1) is 23.2 Å². The van der Waals surface area contributed by atoms with Gasteiger partial charge in [-0.2, -0.15) is 0 Å². The molecule has 1 saturated heterocycles. The molecule has 2 aromatic carbocycles. The van der Waals surface area contributed by atoms with E-state index in [1.807, 2.05) is 32.9 Å². The Labute approximate surface area is 302 Å². The maximum absolute atomic E-state index is 14.6. The number of carbonyl (C=O) groups is 6. The molecule has 270 valence electrons. The summed E-state index contributed by atoms with van der Waals surface area (Å²) in [5.74, 6) is -4.04. The Balaban J connectivity index is 1.24. The number of likely N-dealkylation sites (N-methyl/N-ethyl adjacent to an activating group) is 1. The molecule has 4 amide bonds. The first-order valence-corrected chi connectivity index (χ1v) is 17.8. The van der Waals surface area contributed by atoms with Gasteiger partial charge in [0.1, 0.15) is 12.1 Å². The SMILES string of the molecule is CNC(=O)C(=O)[C@H](CC1CC1)NC(=O)[C@@H]1C[C@]2(CC(c3cccc(Cl)c3)=NO2)CN1C(=O)[C@@H](NC(=O)[C@H]1C[C@H]1C(=O)c1ccccc1)C(C)(C)C. The van der Waals surface area contributed by atoms with Crippen molar-refractivity contribution in [2.45, 2.75) is 83.0 Å². The lowest BCUT2D eigenvalue weighted by Gasteiger charge is -2.35. The van der Waals surface area contributed by atoms with Crippen molar-refractivity contribution in [2.75, 3.05) is 13.6 Å². The third-order valence-corrected chi connectivity index (χ3v) is 10.5. The molecular weight excluding hydrogens is 674 g/mol. The van der Waals surface area contributed by atoms with E-state index in [1.54, 1.807) is 42.5 Å². The smallest absolute Gasteiger partial charge is 0.289 e. The second-order valence-corrected chi connectivity index (χ2v) is 15.8. The van der Waals surface area contributed by atoms with E-state index in [2.05, 4.69) is 21.1 Å². The number of hydrogen-bond acceptors (Lipinski definition) is 8. The van der Waals surface area contributed by atoms with E-state index in [-0.39, 0.29) is 31.1 Å². The predicted octanol–water partition coefficient (Wildman–Crippen LogP) is 3.45. The summed E-state index contributed by atoms with van der Waals surface area (Å²) in [6.45, 7) is 5.43. The Morgan fingerprint density at radius 3 is 2.35 bits per heavy atom. The lowest BCUT2D eigenvalue weighted by molar-refractivity contribution is -0.145. The monoisotopic (exact) mass is 717 g/mol. The van der Waals surface area contributed by atoms with Gasteiger partial charge in [0.05, 0.1) is 18.3 Å². The minimum atomic E-state index is -1.10. The van der Waals surface area contributed by atoms with Gasteiger partial charge in [0, 0.05) is 47.9 Å². The highest BCUT2D eigenvalue weighted by Gasteiger charge is 2.56. The molecule has 12 nitrogen and oxygen atoms in total. The number of hydrogen-bond donors (Lipinski definition) is 3. The first kappa shape index (κ1) is 36.2. The zero-order valence-corrected chi connectivity index (χ0v) is 30.0. The second kappa shape index (κ2) is 14.2. The van der Waals surface area contributed by atoms with Crippen molar-refractivity contribution < 1.29 is 33.6 Å². The molecule has 3 fully saturated rings. The van der Waals surface area contributed by atoms with Crippen molar-refractivity contribution in [3.8, 4) is 0 Å². The van der Waals surface area contributed by atoms with Gasteiger partial charge in [-0.1, -0.05) is 92.8 Å². The Morgan fingerprint density at radius 2 is 1.71 bits per heavy atom. The molecule has 2 aromatic rings. The van der Waals surface area contributed by atoms with Crippen molar-refractivity contribution in [2.24, 2.45) is 28.3 Å². The van der Waals surface area contributed by atoms with Crippen LogP contribution in [0.15, 0.2) is 59.8 Å². The Kier molecular flexibility index (Phi) is 10.1. The average Bonchev–Trinajstić information content (AvgIpc) is 4.03. The number of ketones is 2. The van der Waals surface area contributed by atoms with Crippen LogP contribution in [-0.2, 0) is 28.8 Å². The molecule has 1 spiro atoms. The van der Waals surface area contributed by atoms with Gasteiger partial charge < -0.3 is 25.7 Å². The lowest BCUT2D eigenvalue weighted by Crippen LogP contribution is -2.59. The summed E-state index contributed by atoms with van der Waals surface area (Å²) >= 11 is 6.24. The maximum atomic E-state index is 14.6. The normalized spacial score (nSPS) is 24.9. The molecule has 2 heterocycles. The van der Waals surface area contributed by atoms with Crippen molar-refractivity contribution in [1.29, 1.82) is 0 Å². The van der Waals surface area contributed by atoms with Gasteiger partial charge in [-0.05, 0) is 36.3 Å². The van der Waals surface area contributed by atoms with Gasteiger partial charge in [0.2, 0.25) is 23.5 Å². The van der Waals surface area contributed by atoms with Crippen molar-refractivity contribution in [1.82, 2.24) is 20.9 Å². The number of benzene rings is 2. The summed E-state index contributed by atoms with van der Waals surface area (Å²) in [5.41, 5.74) is 0.0243. The molecule has 13 heteroatoms. The van der Waals surface area contributed by atoms with E-state index < -0.39 is 70.4 Å². The van der Waals surface area contributed by atoms with Crippen LogP contribution in [0.25, 0.3) is 0 Å². The van der Waals surface area contributed by atoms with Crippen LogP contribution in [0.1, 0.15) is 75.2 Å². The first-order chi connectivity index (χ1) is 24.2. The summed E-state index contributed by atoms with van der Waals surface area (Å²) in [6.07, 6.45) is 2.82. The molecule has 2 aliphatic heterocycles. The summed E-state index contributed by atoms with van der Waals surface area (Å²) in [4.78, 5) is 88.3. The summed E-state index contributed by atoms with van der Waals surface area (Å²) in [6, 6.07) is 12.7. The molecule has 2 saturated carbocycles. The van der Waals surface area contributed by atoms with Crippen LogP contribution in [-0.4, -0.2) is 83.1 Å². The molecule has 0 radical (unpaired) electrons. The molecule has 0 bridgehead atoms. The van der Waals surface area contributed by atoms with E-state index in [0.717, 1.165) is 18.4 Å². The minimum absolute atomic E-state index is 0.0187. The third kappa shape index (κ3) is 8.01. The number of carbonyl (C=O) groups excluding carboxylic acids is 6. The third-order valence-electron chi connectivity index (χ3n) is 10.3. The van der Waals surface area contributed by atoms with E-state index in [4.69, 9.17) is 16.4 Å². The van der Waals surface area contributed by atoms with Crippen molar-refractivity contribution in [3.05, 3.63) is 70.7 Å². The van der Waals surface area contributed by atoms with Crippen LogP contribution in [0.2, 0.25) is 5.02 Å². The predicted molar refractivity (Wildman–Crippen MR) is 189 cm³/mol. The number of likely N-dealkylation sites (tertiary alicyclic amines) is 1. The maximum Gasteiger partial charge on any atom is 0.289 e. The molecule has 51 heavy (non-hydrogen) atoms. The first-order valence-electron chi connectivity index (χ1n) is 17.5. The number of oxime groups is 1. The molecule has 4 aliphatic rings. The minimum Gasteiger partial charge on any atom is -0.387 e. The van der Waals surface area contributed by atoms with Crippen LogP contribution in [0.3, 0.4) is 0 Å². The summed E-state index contributed by atoms with van der Waals surface area (Å²) < 4.78 is 0. The standard InChI is InChI=1S/C38H44ClN5O7/c1-37(2,3)32(42-33(47)26-17-25(26)30(45)22-9-6-5-7-10-22)36(50)44-20-38(18-28(43-51-38)23-11-8-12-24(39)16-23)19-29(44)34(48)41-27(15-21-13-14-21)31(46)35(49)40-4/h5-12,16,21,25-27,29,32H,13-15,17-20H2,1-4H3,(H,40,49)(H,41,48)(H,42,47)/t25-,26+,27+,29+,32-,38-/m1/s1. The number of halogens is 1. The van der Waals surface area contributed by atoms with E-state index in [9.17, 15) is 28.8 Å². The number of rotatable bonds is 12. The molecule has 0 aromatic heterocycles. The second-order valence-electron chi connectivity index (χ2n) is 15.4. The van der Waals surface area contributed by atoms with Gasteiger partial charge in [0.25, 0.3) is 5.91 Å². The van der Waals surface area contributed by atoms with Crippen LogP contribution < -0.4 is 16.0 Å². The summed E-state index contributed by atoms with van der Waals surface area (Å²) in [7, 11) is 1.36. The molecule has 6 rings (SSSR count). The highest BCUT2D eigenvalue weighted by atomic mass is 35.5. The quantitative estimate of drug-likeness (QED) is 0.224. The van der Waals surface area contributed by atoms with E-state index in [0.29, 0.717) is 29.1 Å². The van der Waals surface area contributed by atoms with Crippen LogP contribution >= 0.6 is 11.6 Å². The molecule has 6 atom stereocenters. The van der Waals surface area contributed by atoms with E-state index >= 15 is 0 Å². The zero-order chi connectivity index (χ0) is 36.7. The Hall–Kier alpha value is -4.58. The topological polar surface area (TPSA) is 163 Å². The van der Waals surface area contributed by atoms with Gasteiger partial charge in [-0.3, -0.25) is 28.8 Å². The summed E-state index contributed by atoms with van der Waals surface area (Å²) in [5, 5.41) is 12.9. The van der Waals surface area contributed by atoms with Crippen LogP contribution in [0.5, 0.6) is 0 Å². The average molecular weight is 718 g/mol.